The lowest BCUT2D eigenvalue weighted by Gasteiger charge is -2.50. The fraction of sp³-hybridized carbons (Fsp3) is 0.316. The van der Waals surface area contributed by atoms with Gasteiger partial charge in [0.1, 0.15) is 0 Å². The Morgan fingerprint density at radius 3 is 2.75 bits per heavy atom. The Kier molecular flexibility index (Phi) is 4.15. The summed E-state index contributed by atoms with van der Waals surface area (Å²) < 4.78 is 51.1. The zero-order chi connectivity index (χ0) is 20.3. The van der Waals surface area contributed by atoms with Crippen LogP contribution < -0.4 is 19.7 Å². The summed E-state index contributed by atoms with van der Waals surface area (Å²) in [5, 5.41) is 2.84. The molecule has 2 bridgehead atoms. The smallest absolute Gasteiger partial charge is 0.416 e. The number of urea groups is 1. The van der Waals surface area contributed by atoms with Crippen LogP contribution in [0, 0.1) is 0 Å². The molecular weight excluding hydrogens is 397 g/mol. The molecule has 148 valence electrons. The number of nitrogens with zero attached hydrogens (tertiary/aromatic N) is 1. The van der Waals surface area contributed by atoms with E-state index in [1.165, 1.54) is 7.11 Å². The van der Waals surface area contributed by atoms with Gasteiger partial charge in [0.15, 0.2) is 17.2 Å². The topological polar surface area (TPSA) is 50.8 Å². The molecule has 0 radical (unpaired) electrons. The maximum Gasteiger partial charge on any atom is 0.416 e. The van der Waals surface area contributed by atoms with Crippen LogP contribution in [0.15, 0.2) is 36.4 Å². The standard InChI is InChI=1S/C19H16ClF3N2O3/c1-18-9-13(11-4-3-5-15(27-2)16(11)28-18)24-17(26)25(18)14-8-10(19(21,22)23)6-7-12(14)20/h3-8,13H,9H2,1-2H3,(H,24,26)/t13?,18-/m1/s1. The third-order valence-corrected chi connectivity index (χ3v) is 5.32. The van der Waals surface area contributed by atoms with Crippen LogP contribution in [0.25, 0.3) is 0 Å². The summed E-state index contributed by atoms with van der Waals surface area (Å²) in [6, 6.07) is 7.21. The number of carbonyl (C=O) groups is 1. The third kappa shape index (κ3) is 2.83. The van der Waals surface area contributed by atoms with E-state index in [2.05, 4.69) is 5.32 Å². The number of rotatable bonds is 2. The minimum absolute atomic E-state index is 0.0113. The van der Waals surface area contributed by atoms with Crippen molar-refractivity contribution in [1.29, 1.82) is 0 Å². The Morgan fingerprint density at radius 1 is 1.32 bits per heavy atom. The number of benzene rings is 2. The molecule has 1 N–H and O–H groups in total. The fourth-order valence-electron chi connectivity index (χ4n) is 3.75. The first-order valence-electron chi connectivity index (χ1n) is 8.47. The van der Waals surface area contributed by atoms with Crippen molar-refractivity contribution in [2.24, 2.45) is 0 Å². The van der Waals surface area contributed by atoms with Crippen LogP contribution in [0.2, 0.25) is 5.02 Å². The van der Waals surface area contributed by atoms with Gasteiger partial charge in [0.05, 0.1) is 29.4 Å². The number of ether oxygens (including phenoxy) is 2. The van der Waals surface area contributed by atoms with Gasteiger partial charge in [-0.25, -0.2) is 4.79 Å². The van der Waals surface area contributed by atoms with Crippen LogP contribution >= 0.6 is 11.6 Å². The molecule has 1 fully saturated rings. The number of hydrogen-bond donors (Lipinski definition) is 1. The molecular formula is C19H16ClF3N2O3. The van der Waals surface area contributed by atoms with Crippen molar-refractivity contribution >= 4 is 23.3 Å². The minimum atomic E-state index is -4.57. The Hall–Kier alpha value is -2.61. The summed E-state index contributed by atoms with van der Waals surface area (Å²) >= 11 is 6.17. The average Bonchev–Trinajstić information content (AvgIpc) is 2.61. The molecule has 2 aliphatic heterocycles. The summed E-state index contributed by atoms with van der Waals surface area (Å²) in [6.45, 7) is 1.64. The predicted molar refractivity (Wildman–Crippen MR) is 96.8 cm³/mol. The monoisotopic (exact) mass is 412 g/mol. The summed E-state index contributed by atoms with van der Waals surface area (Å²) in [7, 11) is 1.49. The van der Waals surface area contributed by atoms with Gasteiger partial charge in [-0.15, -0.1) is 0 Å². The van der Waals surface area contributed by atoms with E-state index in [-0.39, 0.29) is 16.8 Å². The number of halogens is 4. The molecule has 0 aliphatic carbocycles. The van der Waals surface area contributed by atoms with E-state index in [1.54, 1.807) is 19.1 Å². The molecule has 1 unspecified atom stereocenters. The van der Waals surface area contributed by atoms with Crippen molar-refractivity contribution < 1.29 is 27.4 Å². The second kappa shape index (κ2) is 6.20. The molecule has 2 aromatic rings. The van der Waals surface area contributed by atoms with Gasteiger partial charge in [0.25, 0.3) is 0 Å². The minimum Gasteiger partial charge on any atom is -0.493 e. The van der Waals surface area contributed by atoms with Crippen LogP contribution in [-0.4, -0.2) is 18.9 Å². The normalized spacial score (nSPS) is 23.6. The first kappa shape index (κ1) is 18.7. The Balaban J connectivity index is 1.84. The van der Waals surface area contributed by atoms with Gasteiger partial charge < -0.3 is 14.8 Å². The number of fused-ring (bicyclic) bond motifs is 4. The lowest BCUT2D eigenvalue weighted by Crippen LogP contribution is -2.65. The molecule has 2 heterocycles. The van der Waals surface area contributed by atoms with Gasteiger partial charge in [-0.3, -0.25) is 4.90 Å². The molecule has 2 atom stereocenters. The molecule has 2 aliphatic rings. The van der Waals surface area contributed by atoms with Crippen LogP contribution in [0.1, 0.15) is 30.5 Å². The predicted octanol–water partition coefficient (Wildman–Crippen LogP) is 5.14. The van der Waals surface area contributed by atoms with Gasteiger partial charge in [-0.1, -0.05) is 23.7 Å². The first-order valence-corrected chi connectivity index (χ1v) is 8.85. The van der Waals surface area contributed by atoms with Crippen LogP contribution in [0.4, 0.5) is 23.7 Å². The third-order valence-electron chi connectivity index (χ3n) is 5.00. The number of nitrogens with one attached hydrogen (secondary N) is 1. The van der Waals surface area contributed by atoms with Crippen molar-refractivity contribution in [2.45, 2.75) is 31.3 Å². The zero-order valence-electron chi connectivity index (χ0n) is 14.9. The zero-order valence-corrected chi connectivity index (χ0v) is 15.7. The molecule has 4 rings (SSSR count). The van der Waals surface area contributed by atoms with Crippen molar-refractivity contribution in [3.05, 3.63) is 52.5 Å². The van der Waals surface area contributed by atoms with E-state index in [9.17, 15) is 18.0 Å². The summed E-state index contributed by atoms with van der Waals surface area (Å²) in [5.74, 6) is 0.913. The number of amides is 2. The van der Waals surface area contributed by atoms with E-state index >= 15 is 0 Å². The molecule has 9 heteroatoms. The molecule has 2 amide bonds. The lowest BCUT2D eigenvalue weighted by molar-refractivity contribution is -0.137. The number of anilines is 1. The van der Waals surface area contributed by atoms with Gasteiger partial charge in [0.2, 0.25) is 0 Å². The molecule has 2 aromatic carbocycles. The van der Waals surface area contributed by atoms with Gasteiger partial charge in [-0.2, -0.15) is 13.2 Å². The van der Waals surface area contributed by atoms with E-state index in [0.717, 1.165) is 28.7 Å². The highest BCUT2D eigenvalue weighted by Crippen LogP contribution is 2.50. The number of methoxy groups -OCH3 is 1. The number of alkyl halides is 3. The second-order valence-corrected chi connectivity index (χ2v) is 7.27. The van der Waals surface area contributed by atoms with Gasteiger partial charge >= 0.3 is 12.2 Å². The second-order valence-electron chi connectivity index (χ2n) is 6.86. The highest BCUT2D eigenvalue weighted by molar-refractivity contribution is 6.33. The average molecular weight is 413 g/mol. The Labute approximate surface area is 164 Å². The molecule has 0 aromatic heterocycles. The first-order chi connectivity index (χ1) is 13.1. The lowest BCUT2D eigenvalue weighted by atomic mass is 9.89. The van der Waals surface area contributed by atoms with Gasteiger partial charge in [-0.05, 0) is 31.2 Å². The molecule has 1 saturated heterocycles. The van der Waals surface area contributed by atoms with Crippen molar-refractivity contribution in [3.8, 4) is 11.5 Å². The molecule has 28 heavy (non-hydrogen) atoms. The Morgan fingerprint density at radius 2 is 2.07 bits per heavy atom. The number of hydrogen-bond acceptors (Lipinski definition) is 3. The SMILES string of the molecule is COc1cccc2c1O[C@]1(C)CC2NC(=O)N1c1cc(C(F)(F)F)ccc1Cl. The number of carbonyl (C=O) groups excluding carboxylic acids is 1. The largest absolute Gasteiger partial charge is 0.493 e. The Bertz CT molecular complexity index is 966. The van der Waals surface area contributed by atoms with E-state index in [4.69, 9.17) is 21.1 Å². The number of para-hydroxylation sites is 1. The summed E-state index contributed by atoms with van der Waals surface area (Å²) in [4.78, 5) is 14.0. The molecule has 5 nitrogen and oxygen atoms in total. The van der Waals surface area contributed by atoms with E-state index in [1.807, 2.05) is 6.07 Å². The van der Waals surface area contributed by atoms with Crippen LogP contribution in [0.5, 0.6) is 11.5 Å². The van der Waals surface area contributed by atoms with Gasteiger partial charge in [0, 0.05) is 12.0 Å². The van der Waals surface area contributed by atoms with Crippen molar-refractivity contribution in [2.75, 3.05) is 12.0 Å². The summed E-state index contributed by atoms with van der Waals surface area (Å²) in [5.41, 5.74) is -1.48. The fourth-order valence-corrected chi connectivity index (χ4v) is 3.95. The highest BCUT2D eigenvalue weighted by atomic mass is 35.5. The van der Waals surface area contributed by atoms with E-state index < -0.39 is 23.5 Å². The summed E-state index contributed by atoms with van der Waals surface area (Å²) in [6.07, 6.45) is -4.25. The van der Waals surface area contributed by atoms with Crippen molar-refractivity contribution in [3.63, 3.8) is 0 Å². The van der Waals surface area contributed by atoms with Crippen LogP contribution in [0.3, 0.4) is 0 Å². The quantitative estimate of drug-likeness (QED) is 0.743. The molecule has 0 spiro atoms. The maximum absolute atomic E-state index is 13.2. The van der Waals surface area contributed by atoms with Crippen molar-refractivity contribution in [1.82, 2.24) is 5.32 Å². The van der Waals surface area contributed by atoms with E-state index in [0.29, 0.717) is 17.9 Å². The maximum atomic E-state index is 13.2. The molecule has 0 saturated carbocycles. The van der Waals surface area contributed by atoms with Crippen LogP contribution in [-0.2, 0) is 6.18 Å². The highest BCUT2D eigenvalue weighted by Gasteiger charge is 2.51.